The van der Waals surface area contributed by atoms with Crippen molar-refractivity contribution in [2.45, 2.75) is 0 Å². The fourth-order valence-electron chi connectivity index (χ4n) is 1.25. The zero-order chi connectivity index (χ0) is 11.6. The van der Waals surface area contributed by atoms with Crippen molar-refractivity contribution in [2.24, 2.45) is 0 Å². The molecule has 0 amide bonds. The lowest BCUT2D eigenvalue weighted by Gasteiger charge is -2.12. The number of anilines is 1. The lowest BCUT2D eigenvalue weighted by molar-refractivity contribution is 0.0688. The third-order valence-corrected chi connectivity index (χ3v) is 1.84. The highest BCUT2D eigenvalue weighted by Gasteiger charge is 2.23. The first kappa shape index (κ1) is 11.1. The molecule has 1 rings (SSSR count). The van der Waals surface area contributed by atoms with E-state index in [0.717, 1.165) is 6.07 Å². The summed E-state index contributed by atoms with van der Waals surface area (Å²) in [6.45, 7) is 0. The van der Waals surface area contributed by atoms with Crippen molar-refractivity contribution in [1.29, 1.82) is 0 Å². The Hall–Kier alpha value is -1.98. The highest BCUT2D eigenvalue weighted by Crippen LogP contribution is 2.36. The second kappa shape index (κ2) is 4.04. The number of aromatic carboxylic acids is 1. The van der Waals surface area contributed by atoms with E-state index in [-0.39, 0.29) is 11.4 Å². The normalized spacial score (nSPS) is 9.80. The van der Waals surface area contributed by atoms with E-state index in [0.29, 0.717) is 0 Å². The fraction of sp³-hybridized carbons (Fsp3) is 0.222. The van der Waals surface area contributed by atoms with Crippen molar-refractivity contribution in [3.8, 4) is 11.5 Å². The second-order valence-electron chi connectivity index (χ2n) is 2.69. The molecule has 0 aliphatic heterocycles. The maximum atomic E-state index is 13.3. The first-order valence-corrected chi connectivity index (χ1v) is 3.96. The topological polar surface area (TPSA) is 81.8 Å². The molecule has 0 atom stereocenters. The number of hydrogen-bond donors (Lipinski definition) is 2. The van der Waals surface area contributed by atoms with Gasteiger partial charge in [-0.05, 0) is 0 Å². The van der Waals surface area contributed by atoms with Crippen LogP contribution in [-0.4, -0.2) is 25.3 Å². The molecule has 0 bridgehead atoms. The molecule has 0 heterocycles. The number of benzene rings is 1. The summed E-state index contributed by atoms with van der Waals surface area (Å²) in [5.41, 5.74) is 4.90. The number of hydrogen-bond acceptors (Lipinski definition) is 4. The van der Waals surface area contributed by atoms with Gasteiger partial charge in [0, 0.05) is 6.07 Å². The minimum atomic E-state index is -1.37. The minimum Gasteiger partial charge on any atom is -0.494 e. The molecule has 5 nitrogen and oxygen atoms in total. The summed E-state index contributed by atoms with van der Waals surface area (Å²) in [7, 11) is 2.41. The van der Waals surface area contributed by atoms with Crippen molar-refractivity contribution >= 4 is 11.7 Å². The average molecular weight is 215 g/mol. The Morgan fingerprint density at radius 3 is 2.33 bits per heavy atom. The van der Waals surface area contributed by atoms with Crippen molar-refractivity contribution in [1.82, 2.24) is 0 Å². The Bertz CT molecular complexity index is 377. The van der Waals surface area contributed by atoms with E-state index in [1.807, 2.05) is 0 Å². The molecule has 0 aliphatic carbocycles. The summed E-state index contributed by atoms with van der Waals surface area (Å²) in [6.07, 6.45) is 0. The van der Waals surface area contributed by atoms with E-state index in [4.69, 9.17) is 15.6 Å². The third kappa shape index (κ3) is 1.78. The molecule has 15 heavy (non-hydrogen) atoms. The van der Waals surface area contributed by atoms with E-state index < -0.39 is 23.1 Å². The van der Waals surface area contributed by atoms with Gasteiger partial charge in [0.2, 0.25) is 0 Å². The van der Waals surface area contributed by atoms with Crippen LogP contribution in [0.15, 0.2) is 6.07 Å². The minimum absolute atomic E-state index is 0.0896. The number of halogens is 1. The molecule has 6 heteroatoms. The van der Waals surface area contributed by atoms with Crippen LogP contribution < -0.4 is 15.2 Å². The number of carbonyl (C=O) groups is 1. The van der Waals surface area contributed by atoms with Crippen LogP contribution in [-0.2, 0) is 0 Å². The molecule has 1 aromatic rings. The lowest BCUT2D eigenvalue weighted by atomic mass is 10.1. The van der Waals surface area contributed by atoms with Crippen LogP contribution in [0.5, 0.6) is 11.5 Å². The van der Waals surface area contributed by atoms with Crippen LogP contribution in [0.4, 0.5) is 10.1 Å². The summed E-state index contributed by atoms with van der Waals surface area (Å²) in [5.74, 6) is -2.71. The second-order valence-corrected chi connectivity index (χ2v) is 2.69. The molecule has 0 saturated carbocycles. The number of rotatable bonds is 3. The standard InChI is InChI=1S/C9H10FNO4/c1-14-7-4(10)3-5(11)8(15-2)6(7)9(12)13/h3H,11H2,1-2H3,(H,12,13). The Balaban J connectivity index is 3.58. The molecule has 82 valence electrons. The zero-order valence-electron chi connectivity index (χ0n) is 8.20. The van der Waals surface area contributed by atoms with Gasteiger partial charge in [0.25, 0.3) is 0 Å². The molecule has 3 N–H and O–H groups in total. The fourth-order valence-corrected chi connectivity index (χ4v) is 1.25. The van der Waals surface area contributed by atoms with Gasteiger partial charge in [-0.25, -0.2) is 9.18 Å². The summed E-state index contributed by atoms with van der Waals surface area (Å²) >= 11 is 0. The van der Waals surface area contributed by atoms with E-state index in [1.165, 1.54) is 14.2 Å². The van der Waals surface area contributed by atoms with Gasteiger partial charge in [-0.1, -0.05) is 0 Å². The molecule has 0 aliphatic rings. The number of ether oxygens (including phenoxy) is 2. The van der Waals surface area contributed by atoms with E-state index in [9.17, 15) is 9.18 Å². The van der Waals surface area contributed by atoms with Crippen LogP contribution in [0.3, 0.4) is 0 Å². The molecule has 1 aromatic carbocycles. The number of carboxylic acids is 1. The highest BCUT2D eigenvalue weighted by molar-refractivity contribution is 5.96. The quantitative estimate of drug-likeness (QED) is 0.738. The van der Waals surface area contributed by atoms with E-state index in [2.05, 4.69) is 4.74 Å². The lowest BCUT2D eigenvalue weighted by Crippen LogP contribution is -2.08. The predicted molar refractivity (Wildman–Crippen MR) is 50.9 cm³/mol. The van der Waals surface area contributed by atoms with Crippen LogP contribution in [0.2, 0.25) is 0 Å². The molecular weight excluding hydrogens is 205 g/mol. The molecule has 0 unspecified atom stereocenters. The molecule has 0 radical (unpaired) electrons. The monoisotopic (exact) mass is 215 g/mol. The zero-order valence-corrected chi connectivity index (χ0v) is 8.20. The summed E-state index contributed by atoms with van der Waals surface area (Å²) in [6, 6.07) is 0.949. The highest BCUT2D eigenvalue weighted by atomic mass is 19.1. The molecule has 0 fully saturated rings. The number of methoxy groups -OCH3 is 2. The Morgan fingerprint density at radius 2 is 1.93 bits per heavy atom. The van der Waals surface area contributed by atoms with Gasteiger partial charge in [-0.15, -0.1) is 0 Å². The van der Waals surface area contributed by atoms with Gasteiger partial charge in [0.05, 0.1) is 19.9 Å². The molecule has 0 saturated heterocycles. The van der Waals surface area contributed by atoms with E-state index in [1.54, 1.807) is 0 Å². The van der Waals surface area contributed by atoms with Crippen LogP contribution in [0.1, 0.15) is 10.4 Å². The van der Waals surface area contributed by atoms with Crippen LogP contribution >= 0.6 is 0 Å². The first-order valence-electron chi connectivity index (χ1n) is 3.96. The van der Waals surface area contributed by atoms with Gasteiger partial charge >= 0.3 is 5.97 Å². The molecular formula is C9H10FNO4. The predicted octanol–water partition coefficient (Wildman–Crippen LogP) is 1.12. The van der Waals surface area contributed by atoms with Crippen molar-refractivity contribution in [3.63, 3.8) is 0 Å². The van der Waals surface area contributed by atoms with Gasteiger partial charge in [-0.2, -0.15) is 0 Å². The first-order chi connectivity index (χ1) is 7.02. The van der Waals surface area contributed by atoms with Crippen LogP contribution in [0.25, 0.3) is 0 Å². The van der Waals surface area contributed by atoms with Crippen LogP contribution in [0, 0.1) is 5.82 Å². The molecule has 0 spiro atoms. The number of nitrogens with two attached hydrogens (primary N) is 1. The van der Waals surface area contributed by atoms with E-state index >= 15 is 0 Å². The van der Waals surface area contributed by atoms with Gasteiger partial charge in [-0.3, -0.25) is 0 Å². The number of nitrogen functional groups attached to an aromatic ring is 1. The van der Waals surface area contributed by atoms with Crippen molar-refractivity contribution in [2.75, 3.05) is 20.0 Å². The maximum absolute atomic E-state index is 13.3. The molecule has 0 aromatic heterocycles. The SMILES string of the molecule is COc1c(N)cc(F)c(OC)c1C(=O)O. The smallest absolute Gasteiger partial charge is 0.343 e. The Labute approximate surface area is 85.2 Å². The van der Waals surface area contributed by atoms with Gasteiger partial charge in [0.15, 0.2) is 17.3 Å². The van der Waals surface area contributed by atoms with Gasteiger partial charge < -0.3 is 20.3 Å². The average Bonchev–Trinajstić information content (AvgIpc) is 2.16. The summed E-state index contributed by atoms with van der Waals surface area (Å²) in [5, 5.41) is 8.88. The summed E-state index contributed by atoms with van der Waals surface area (Å²) < 4.78 is 22.7. The number of carboxylic acid groups (broad SMARTS) is 1. The third-order valence-electron chi connectivity index (χ3n) is 1.84. The largest absolute Gasteiger partial charge is 0.494 e. The van der Waals surface area contributed by atoms with Crippen molar-refractivity contribution < 1.29 is 23.8 Å². The maximum Gasteiger partial charge on any atom is 0.343 e. The Kier molecular flexibility index (Phi) is 2.99. The van der Waals surface area contributed by atoms with Crippen molar-refractivity contribution in [3.05, 3.63) is 17.4 Å². The Morgan fingerprint density at radius 1 is 1.40 bits per heavy atom. The summed E-state index contributed by atoms with van der Waals surface area (Å²) in [4.78, 5) is 10.9. The van der Waals surface area contributed by atoms with Gasteiger partial charge in [0.1, 0.15) is 5.56 Å².